The first-order valence-corrected chi connectivity index (χ1v) is 13.6. The van der Waals surface area contributed by atoms with Crippen molar-refractivity contribution in [3.63, 3.8) is 0 Å². The van der Waals surface area contributed by atoms with Crippen LogP contribution in [0.25, 0.3) is 0 Å². The van der Waals surface area contributed by atoms with Crippen LogP contribution < -0.4 is 14.5 Å². The van der Waals surface area contributed by atoms with Gasteiger partial charge < -0.3 is 9.72 Å². The van der Waals surface area contributed by atoms with Crippen molar-refractivity contribution >= 4 is 40.6 Å². The van der Waals surface area contributed by atoms with Gasteiger partial charge in [0.05, 0.1) is 29.7 Å². The van der Waals surface area contributed by atoms with E-state index in [0.717, 1.165) is 33.2 Å². The molecule has 2 aliphatic carbocycles. The SMILES string of the molecule is COc1ccccc1[C@H]1c2sc(=O)[nH]c2S[C@@H]2[C@H]3C[C@@H]([C@H]4C(=O)N(c5ccc(C)cc5)C(=O)[C@@H]34)[C@@H]12. The lowest BCUT2D eigenvalue weighted by Gasteiger charge is -2.43. The van der Waals surface area contributed by atoms with Gasteiger partial charge >= 0.3 is 4.87 Å². The van der Waals surface area contributed by atoms with E-state index in [2.05, 4.69) is 11.1 Å². The number of ether oxygens (including phenoxy) is 1. The number of H-pyrrole nitrogens is 1. The Labute approximate surface area is 210 Å². The van der Waals surface area contributed by atoms with E-state index in [-0.39, 0.29) is 57.4 Å². The Morgan fingerprint density at radius 1 is 0.971 bits per heavy atom. The van der Waals surface area contributed by atoms with Crippen LogP contribution in [0.4, 0.5) is 5.69 Å². The number of benzene rings is 2. The van der Waals surface area contributed by atoms with Crippen molar-refractivity contribution in [2.75, 3.05) is 12.0 Å². The highest BCUT2D eigenvalue weighted by Crippen LogP contribution is 2.69. The molecule has 1 aromatic heterocycles. The molecular formula is C27H24N2O4S2. The second-order valence-electron chi connectivity index (χ2n) is 10.0. The average molecular weight is 505 g/mol. The van der Waals surface area contributed by atoms with Crippen molar-refractivity contribution in [1.29, 1.82) is 0 Å². The maximum absolute atomic E-state index is 13.8. The Bertz CT molecular complexity index is 1430. The molecule has 7 atom stereocenters. The highest BCUT2D eigenvalue weighted by Gasteiger charge is 2.69. The number of amides is 2. The van der Waals surface area contributed by atoms with Crippen LogP contribution >= 0.6 is 23.1 Å². The molecule has 4 aliphatic rings. The molecule has 1 saturated heterocycles. The molecule has 2 amide bonds. The van der Waals surface area contributed by atoms with Crippen LogP contribution in [-0.4, -0.2) is 29.2 Å². The minimum Gasteiger partial charge on any atom is -0.496 e. The number of para-hydroxylation sites is 1. The van der Waals surface area contributed by atoms with E-state index < -0.39 is 0 Å². The quantitative estimate of drug-likeness (QED) is 0.534. The van der Waals surface area contributed by atoms with E-state index in [4.69, 9.17) is 4.74 Å². The Kier molecular flexibility index (Phi) is 4.64. The monoisotopic (exact) mass is 504 g/mol. The molecule has 3 heterocycles. The Hall–Kier alpha value is -2.84. The van der Waals surface area contributed by atoms with Gasteiger partial charge in [-0.2, -0.15) is 0 Å². The zero-order valence-corrected chi connectivity index (χ0v) is 20.9. The van der Waals surface area contributed by atoms with Crippen LogP contribution in [-0.2, 0) is 9.59 Å². The molecule has 2 bridgehead atoms. The van der Waals surface area contributed by atoms with Crippen LogP contribution in [0.15, 0.2) is 58.4 Å². The molecule has 8 heteroatoms. The van der Waals surface area contributed by atoms with E-state index >= 15 is 0 Å². The Balaban J connectivity index is 1.34. The number of methoxy groups -OCH3 is 1. The van der Waals surface area contributed by atoms with Crippen LogP contribution in [0.5, 0.6) is 5.75 Å². The fraction of sp³-hybridized carbons (Fsp3) is 0.370. The normalized spacial score (nSPS) is 32.5. The van der Waals surface area contributed by atoms with Gasteiger partial charge in [-0.25, -0.2) is 0 Å². The summed E-state index contributed by atoms with van der Waals surface area (Å²) in [4.78, 5) is 45.3. The molecule has 0 radical (unpaired) electrons. The molecular weight excluding hydrogens is 480 g/mol. The number of nitrogens with one attached hydrogen (secondary N) is 1. The molecule has 6 nitrogen and oxygen atoms in total. The van der Waals surface area contributed by atoms with Gasteiger partial charge in [0.25, 0.3) is 0 Å². The third-order valence-corrected chi connectivity index (χ3v) is 11.1. The van der Waals surface area contributed by atoms with E-state index in [1.165, 1.54) is 16.2 Å². The lowest BCUT2D eigenvalue weighted by atomic mass is 9.68. The highest BCUT2D eigenvalue weighted by atomic mass is 32.2. The zero-order chi connectivity index (χ0) is 24.0. The number of nitrogens with zero attached hydrogens (tertiary/aromatic N) is 1. The van der Waals surface area contributed by atoms with Gasteiger partial charge in [-0.1, -0.05) is 47.2 Å². The smallest absolute Gasteiger partial charge is 0.305 e. The topological polar surface area (TPSA) is 79.5 Å². The minimum absolute atomic E-state index is 0.0383. The number of hydrogen-bond donors (Lipinski definition) is 1. The van der Waals surface area contributed by atoms with Crippen molar-refractivity contribution in [2.24, 2.45) is 29.6 Å². The Morgan fingerprint density at radius 3 is 2.43 bits per heavy atom. The number of anilines is 1. The van der Waals surface area contributed by atoms with E-state index in [0.29, 0.717) is 5.69 Å². The molecule has 2 aliphatic heterocycles. The number of aryl methyl sites for hydroxylation is 1. The van der Waals surface area contributed by atoms with Gasteiger partial charge in [-0.15, -0.1) is 11.8 Å². The zero-order valence-electron chi connectivity index (χ0n) is 19.3. The average Bonchev–Trinajstić information content (AvgIpc) is 3.59. The summed E-state index contributed by atoms with van der Waals surface area (Å²) in [7, 11) is 1.67. The molecule has 3 fully saturated rings. The summed E-state index contributed by atoms with van der Waals surface area (Å²) < 4.78 is 5.74. The molecule has 1 N–H and O–H groups in total. The van der Waals surface area contributed by atoms with Crippen LogP contribution in [0.2, 0.25) is 0 Å². The predicted molar refractivity (Wildman–Crippen MR) is 135 cm³/mol. The van der Waals surface area contributed by atoms with Crippen molar-refractivity contribution in [3.05, 3.63) is 74.2 Å². The first kappa shape index (κ1) is 21.4. The van der Waals surface area contributed by atoms with Crippen LogP contribution in [0.3, 0.4) is 0 Å². The number of aromatic nitrogens is 1. The molecule has 35 heavy (non-hydrogen) atoms. The van der Waals surface area contributed by atoms with Crippen molar-refractivity contribution in [2.45, 2.75) is 29.5 Å². The number of imide groups is 1. The van der Waals surface area contributed by atoms with Crippen molar-refractivity contribution < 1.29 is 14.3 Å². The van der Waals surface area contributed by atoms with Crippen LogP contribution in [0, 0.1) is 36.5 Å². The van der Waals surface area contributed by atoms with E-state index in [1.54, 1.807) is 18.9 Å². The largest absolute Gasteiger partial charge is 0.496 e. The number of fused-ring (bicyclic) bond motifs is 9. The molecule has 7 rings (SSSR count). The number of aromatic amines is 1. The minimum atomic E-state index is -0.301. The third-order valence-electron chi connectivity index (χ3n) is 8.49. The van der Waals surface area contributed by atoms with E-state index in [1.807, 2.05) is 49.4 Å². The lowest BCUT2D eigenvalue weighted by molar-refractivity contribution is -0.123. The molecule has 2 aromatic carbocycles. The summed E-state index contributed by atoms with van der Waals surface area (Å²) in [6.07, 6.45) is 0.877. The molecule has 178 valence electrons. The summed E-state index contributed by atoms with van der Waals surface area (Å²) in [5, 5.41) is 1.08. The summed E-state index contributed by atoms with van der Waals surface area (Å²) >= 11 is 2.97. The fourth-order valence-corrected chi connectivity index (χ4v) is 10.1. The van der Waals surface area contributed by atoms with Gasteiger partial charge in [0, 0.05) is 21.6 Å². The standard InChI is InChI=1S/C27H24N2O4S2/c1-12-7-9-13(10-8-12)29-25(30)20-15-11-16(21(20)26(29)31)22-19(15)18(14-5-3-4-6-17(14)33-2)23-24(34-22)28-27(32)35-23/h3-10,15-16,18-22H,11H2,1-2H3,(H,28,32)/t15-,16+,18-,19+,20-,21+,22-/m1/s1. The van der Waals surface area contributed by atoms with Gasteiger partial charge in [0.15, 0.2) is 0 Å². The molecule has 0 spiro atoms. The summed E-state index contributed by atoms with van der Waals surface area (Å²) in [5.41, 5.74) is 2.81. The second kappa shape index (κ2) is 7.58. The second-order valence-corrected chi connectivity index (χ2v) is 12.3. The highest BCUT2D eigenvalue weighted by molar-refractivity contribution is 8.00. The van der Waals surface area contributed by atoms with Gasteiger partial charge in [0.1, 0.15) is 5.75 Å². The van der Waals surface area contributed by atoms with Crippen LogP contribution in [0.1, 0.15) is 28.3 Å². The molecule has 3 aromatic rings. The van der Waals surface area contributed by atoms with Gasteiger partial charge in [0.2, 0.25) is 11.8 Å². The van der Waals surface area contributed by atoms with Gasteiger partial charge in [-0.05, 0) is 49.3 Å². The molecule has 0 unspecified atom stereocenters. The fourth-order valence-electron chi connectivity index (χ4n) is 7.24. The number of carbonyl (C=O) groups excluding carboxylic acids is 2. The molecule has 2 saturated carbocycles. The first-order valence-electron chi connectivity index (χ1n) is 11.9. The third kappa shape index (κ3) is 2.87. The lowest BCUT2D eigenvalue weighted by Crippen LogP contribution is -2.42. The number of rotatable bonds is 3. The number of hydrogen-bond acceptors (Lipinski definition) is 6. The summed E-state index contributed by atoms with van der Waals surface area (Å²) in [5.74, 6) is 0.415. The number of thiazole rings is 1. The van der Waals surface area contributed by atoms with Gasteiger partial charge in [-0.3, -0.25) is 19.3 Å². The number of carbonyl (C=O) groups is 2. The predicted octanol–water partition coefficient (Wildman–Crippen LogP) is 4.43. The Morgan fingerprint density at radius 2 is 1.69 bits per heavy atom. The number of thioether (sulfide) groups is 1. The van der Waals surface area contributed by atoms with E-state index in [9.17, 15) is 14.4 Å². The summed E-state index contributed by atoms with van der Waals surface area (Å²) in [6, 6.07) is 15.6. The summed E-state index contributed by atoms with van der Waals surface area (Å²) in [6.45, 7) is 2.00. The maximum Gasteiger partial charge on any atom is 0.305 e. The van der Waals surface area contributed by atoms with Crippen molar-refractivity contribution in [3.8, 4) is 5.75 Å². The maximum atomic E-state index is 13.8. The van der Waals surface area contributed by atoms with Crippen molar-refractivity contribution in [1.82, 2.24) is 4.98 Å². The first-order chi connectivity index (χ1) is 17.0.